The van der Waals surface area contributed by atoms with E-state index < -0.39 is 6.04 Å². The highest BCUT2D eigenvalue weighted by Crippen LogP contribution is 2.29. The molecule has 4 N–H and O–H groups in total. The molecule has 0 aliphatic carbocycles. The maximum absolute atomic E-state index is 11.8. The molecule has 0 saturated heterocycles. The predicted molar refractivity (Wildman–Crippen MR) is 64.1 cm³/mol. The van der Waals surface area contributed by atoms with E-state index in [-0.39, 0.29) is 11.8 Å². The van der Waals surface area contributed by atoms with E-state index in [1.807, 2.05) is 0 Å². The summed E-state index contributed by atoms with van der Waals surface area (Å²) in [4.78, 5) is 23.4. The number of benzene rings is 1. The molecule has 0 radical (unpaired) electrons. The molecule has 1 atom stereocenters. The Morgan fingerprint density at radius 3 is 2.75 bits per heavy atom. The molecule has 0 bridgehead atoms. The van der Waals surface area contributed by atoms with Crippen LogP contribution < -0.4 is 16.4 Å². The van der Waals surface area contributed by atoms with Gasteiger partial charge in [0, 0.05) is 4.47 Å². The van der Waals surface area contributed by atoms with Gasteiger partial charge in [-0.2, -0.15) is 0 Å². The molecule has 1 aliphatic heterocycles. The van der Waals surface area contributed by atoms with Gasteiger partial charge in [0.25, 0.3) is 5.91 Å². The normalized spacial score (nSPS) is 19.5. The van der Waals surface area contributed by atoms with Crippen molar-refractivity contribution in [3.05, 3.63) is 22.2 Å². The molecule has 1 unspecified atom stereocenters. The van der Waals surface area contributed by atoms with E-state index in [1.54, 1.807) is 19.1 Å². The monoisotopic (exact) mass is 283 g/mol. The summed E-state index contributed by atoms with van der Waals surface area (Å²) in [5, 5.41) is 5.20. The van der Waals surface area contributed by atoms with Crippen molar-refractivity contribution in [2.45, 2.75) is 13.0 Å². The maximum atomic E-state index is 11.8. The number of nitrogen functional groups attached to an aromatic ring is 1. The second-order valence-electron chi connectivity index (χ2n) is 3.60. The first-order valence-corrected chi connectivity index (χ1v) is 5.49. The third-order valence-corrected chi connectivity index (χ3v) is 2.83. The van der Waals surface area contributed by atoms with Crippen LogP contribution in [0.2, 0.25) is 0 Å². The first kappa shape index (κ1) is 10.9. The first-order chi connectivity index (χ1) is 7.49. The van der Waals surface area contributed by atoms with Gasteiger partial charge in [0.2, 0.25) is 5.91 Å². The van der Waals surface area contributed by atoms with Crippen molar-refractivity contribution in [3.63, 3.8) is 0 Å². The van der Waals surface area contributed by atoms with Crippen molar-refractivity contribution in [1.29, 1.82) is 0 Å². The number of anilines is 2. The Labute approximate surface area is 101 Å². The standard InChI is InChI=1S/C10H10BrN3O2/c1-4-9(15)14-8-6(10(16)13-4)2-5(11)3-7(8)12/h2-4H,12H2,1H3,(H,13,16)(H,14,15). The van der Waals surface area contributed by atoms with Gasteiger partial charge >= 0.3 is 0 Å². The molecule has 2 rings (SSSR count). The van der Waals surface area contributed by atoms with Crippen LogP contribution in [-0.2, 0) is 4.79 Å². The van der Waals surface area contributed by atoms with Crippen LogP contribution in [0, 0.1) is 0 Å². The maximum Gasteiger partial charge on any atom is 0.254 e. The molecular weight excluding hydrogens is 274 g/mol. The Bertz CT molecular complexity index is 487. The zero-order valence-electron chi connectivity index (χ0n) is 8.50. The molecule has 0 saturated carbocycles. The second-order valence-corrected chi connectivity index (χ2v) is 4.52. The molecule has 1 aliphatic rings. The zero-order chi connectivity index (χ0) is 11.9. The lowest BCUT2D eigenvalue weighted by Gasteiger charge is -2.09. The van der Waals surface area contributed by atoms with Crippen LogP contribution in [0.15, 0.2) is 16.6 Å². The minimum Gasteiger partial charge on any atom is -0.397 e. The molecule has 84 valence electrons. The van der Waals surface area contributed by atoms with Gasteiger partial charge in [0.05, 0.1) is 16.9 Å². The number of halogens is 1. The lowest BCUT2D eigenvalue weighted by Crippen LogP contribution is -2.38. The first-order valence-electron chi connectivity index (χ1n) is 4.70. The van der Waals surface area contributed by atoms with Crippen molar-refractivity contribution in [1.82, 2.24) is 5.32 Å². The van der Waals surface area contributed by atoms with E-state index >= 15 is 0 Å². The zero-order valence-corrected chi connectivity index (χ0v) is 10.1. The van der Waals surface area contributed by atoms with Crippen LogP contribution in [0.5, 0.6) is 0 Å². The lowest BCUT2D eigenvalue weighted by molar-refractivity contribution is -0.117. The summed E-state index contributed by atoms with van der Waals surface area (Å²) < 4.78 is 0.697. The molecule has 5 nitrogen and oxygen atoms in total. The van der Waals surface area contributed by atoms with Gasteiger partial charge in [0.1, 0.15) is 6.04 Å². The van der Waals surface area contributed by atoms with Gasteiger partial charge in [-0.15, -0.1) is 0 Å². The predicted octanol–water partition coefficient (Wildman–Crippen LogP) is 1.10. The average Bonchev–Trinajstić information content (AvgIpc) is 2.29. The minimum absolute atomic E-state index is 0.277. The molecule has 0 aromatic heterocycles. The van der Waals surface area contributed by atoms with E-state index in [0.29, 0.717) is 21.4 Å². The van der Waals surface area contributed by atoms with Gasteiger partial charge in [-0.05, 0) is 19.1 Å². The highest BCUT2D eigenvalue weighted by Gasteiger charge is 2.26. The van der Waals surface area contributed by atoms with Gasteiger partial charge in [-0.3, -0.25) is 9.59 Å². The van der Waals surface area contributed by atoms with Gasteiger partial charge < -0.3 is 16.4 Å². The average molecular weight is 284 g/mol. The number of nitrogens with two attached hydrogens (primary N) is 1. The van der Waals surface area contributed by atoms with Gasteiger partial charge in [-0.25, -0.2) is 0 Å². The largest absolute Gasteiger partial charge is 0.397 e. The molecule has 1 aromatic rings. The quantitative estimate of drug-likeness (QED) is 0.624. The number of carbonyl (C=O) groups excluding carboxylic acids is 2. The summed E-state index contributed by atoms with van der Waals surface area (Å²) in [6.45, 7) is 1.62. The number of fused-ring (bicyclic) bond motifs is 1. The second kappa shape index (κ2) is 3.79. The highest BCUT2D eigenvalue weighted by molar-refractivity contribution is 9.10. The van der Waals surface area contributed by atoms with Crippen molar-refractivity contribution in [2.24, 2.45) is 0 Å². The molecule has 6 heteroatoms. The summed E-state index contributed by atoms with van der Waals surface area (Å²) in [6, 6.07) is 2.69. The van der Waals surface area contributed by atoms with Crippen LogP contribution in [-0.4, -0.2) is 17.9 Å². The Morgan fingerprint density at radius 1 is 1.38 bits per heavy atom. The number of hydrogen-bond acceptors (Lipinski definition) is 3. The molecule has 2 amide bonds. The number of carbonyl (C=O) groups is 2. The fourth-order valence-corrected chi connectivity index (χ4v) is 1.99. The van der Waals surface area contributed by atoms with Gasteiger partial charge in [0.15, 0.2) is 0 Å². The number of nitrogens with one attached hydrogen (secondary N) is 2. The van der Waals surface area contributed by atoms with Crippen LogP contribution in [0.25, 0.3) is 0 Å². The molecular formula is C10H10BrN3O2. The number of rotatable bonds is 0. The van der Waals surface area contributed by atoms with Crippen molar-refractivity contribution >= 4 is 39.1 Å². The van der Waals surface area contributed by atoms with Crippen LogP contribution in [0.4, 0.5) is 11.4 Å². The van der Waals surface area contributed by atoms with E-state index in [0.717, 1.165) is 0 Å². The topological polar surface area (TPSA) is 84.2 Å². The third kappa shape index (κ3) is 1.76. The molecule has 0 spiro atoms. The number of hydrogen-bond donors (Lipinski definition) is 3. The van der Waals surface area contributed by atoms with Crippen molar-refractivity contribution in [3.8, 4) is 0 Å². The Morgan fingerprint density at radius 2 is 2.06 bits per heavy atom. The summed E-state index contributed by atoms with van der Waals surface area (Å²) in [7, 11) is 0. The van der Waals surface area contributed by atoms with Crippen molar-refractivity contribution in [2.75, 3.05) is 11.1 Å². The third-order valence-electron chi connectivity index (χ3n) is 2.37. The van der Waals surface area contributed by atoms with Crippen LogP contribution in [0.3, 0.4) is 0 Å². The minimum atomic E-state index is -0.571. The Hall–Kier alpha value is -1.56. The molecule has 16 heavy (non-hydrogen) atoms. The van der Waals surface area contributed by atoms with Crippen LogP contribution in [0.1, 0.15) is 17.3 Å². The SMILES string of the molecule is CC1NC(=O)c2cc(Br)cc(N)c2NC1=O. The van der Waals surface area contributed by atoms with Crippen molar-refractivity contribution < 1.29 is 9.59 Å². The van der Waals surface area contributed by atoms with E-state index in [1.165, 1.54) is 0 Å². The highest BCUT2D eigenvalue weighted by atomic mass is 79.9. The van der Waals surface area contributed by atoms with E-state index in [2.05, 4.69) is 26.6 Å². The fraction of sp³-hybridized carbons (Fsp3) is 0.200. The fourth-order valence-electron chi connectivity index (χ4n) is 1.52. The molecule has 1 aromatic carbocycles. The molecule has 0 fully saturated rings. The smallest absolute Gasteiger partial charge is 0.254 e. The van der Waals surface area contributed by atoms with E-state index in [4.69, 9.17) is 5.73 Å². The van der Waals surface area contributed by atoms with Crippen LogP contribution >= 0.6 is 15.9 Å². The van der Waals surface area contributed by atoms with E-state index in [9.17, 15) is 9.59 Å². The Kier molecular flexibility index (Phi) is 2.59. The number of amides is 2. The Balaban J connectivity index is 2.60. The lowest BCUT2D eigenvalue weighted by atomic mass is 10.1. The summed E-state index contributed by atoms with van der Waals surface area (Å²) in [5.41, 5.74) is 6.86. The summed E-state index contributed by atoms with van der Waals surface area (Å²) >= 11 is 3.25. The molecule has 1 heterocycles. The summed E-state index contributed by atoms with van der Waals surface area (Å²) in [6.07, 6.45) is 0. The summed E-state index contributed by atoms with van der Waals surface area (Å²) in [5.74, 6) is -0.588. The van der Waals surface area contributed by atoms with Gasteiger partial charge in [-0.1, -0.05) is 15.9 Å².